The van der Waals surface area contributed by atoms with Crippen molar-refractivity contribution in [2.75, 3.05) is 25.9 Å². The number of aliphatic imine (C=N–C) groups is 2. The van der Waals surface area contributed by atoms with Crippen molar-refractivity contribution >= 4 is 40.9 Å². The number of allylic oxidation sites excluding steroid dienone is 2. The third-order valence-electron chi connectivity index (χ3n) is 7.41. The highest BCUT2D eigenvalue weighted by Gasteiger charge is 2.40. The van der Waals surface area contributed by atoms with Crippen LogP contribution in [-0.2, 0) is 12.8 Å². The molecule has 0 atom stereocenters. The second-order valence-corrected chi connectivity index (χ2v) is 11.0. The van der Waals surface area contributed by atoms with Crippen LogP contribution in [0, 0.1) is 5.41 Å². The zero-order valence-corrected chi connectivity index (χ0v) is 21.2. The molecule has 8 heteroatoms. The summed E-state index contributed by atoms with van der Waals surface area (Å²) < 4.78 is 0. The minimum atomic E-state index is 0.330. The monoisotopic (exact) mass is 502 g/mol. The van der Waals surface area contributed by atoms with Crippen LogP contribution in [0.2, 0.25) is 5.02 Å². The van der Waals surface area contributed by atoms with Crippen LogP contribution in [-0.4, -0.2) is 46.6 Å². The maximum atomic E-state index is 6.37. The Morgan fingerprint density at radius 1 is 1.06 bits per heavy atom. The lowest BCUT2D eigenvalue weighted by Crippen LogP contribution is -2.43. The molecule has 3 aliphatic heterocycles. The molecule has 2 aromatic rings. The Bertz CT molecular complexity index is 1310. The standard InChI is InChI=1S/C27H27ClN6S/c1-33-22-7-6-21(35-20-8-12-30-25(29)24(20)28)26(33)31-13-9-23(32-22)34-14-10-27(11-15-34)16-18-4-2-3-5-19(18)17-27/h2-9,12-13H,10-11,14-17H2,1H3,(H2,29,30)/b13-9+,23-9?,31-13?,31-26-,32-22?,32-23+. The lowest BCUT2D eigenvalue weighted by molar-refractivity contribution is 0.158. The third kappa shape index (κ3) is 4.17. The summed E-state index contributed by atoms with van der Waals surface area (Å²) in [7, 11) is 2.00. The van der Waals surface area contributed by atoms with Crippen LogP contribution in [0.3, 0.4) is 0 Å². The highest BCUT2D eigenvalue weighted by molar-refractivity contribution is 8.04. The van der Waals surface area contributed by atoms with Crippen LogP contribution in [0.1, 0.15) is 24.0 Å². The van der Waals surface area contributed by atoms with Crippen LogP contribution >= 0.6 is 23.4 Å². The molecule has 0 unspecified atom stereocenters. The number of pyridine rings is 1. The molecule has 2 bridgehead atoms. The van der Waals surface area contributed by atoms with Crippen LogP contribution in [0.15, 0.2) is 86.6 Å². The number of likely N-dealkylation sites (N-methyl/N-ethyl adjacent to an activating group) is 1. The second kappa shape index (κ2) is 8.88. The van der Waals surface area contributed by atoms with Gasteiger partial charge in [-0.2, -0.15) is 0 Å². The Morgan fingerprint density at radius 2 is 1.80 bits per heavy atom. The van der Waals surface area contributed by atoms with Gasteiger partial charge in [0.1, 0.15) is 23.3 Å². The number of piperidine rings is 1. The summed E-state index contributed by atoms with van der Waals surface area (Å²) in [6.07, 6.45) is 14.4. The number of aromatic nitrogens is 1. The number of nitrogens with zero attached hydrogens (tertiary/aromatic N) is 5. The van der Waals surface area contributed by atoms with E-state index >= 15 is 0 Å². The first-order valence-corrected chi connectivity index (χ1v) is 13.1. The summed E-state index contributed by atoms with van der Waals surface area (Å²) in [4.78, 5) is 20.2. The Kier molecular flexibility index (Phi) is 5.69. The Morgan fingerprint density at radius 3 is 2.54 bits per heavy atom. The van der Waals surface area contributed by atoms with Crippen molar-refractivity contribution in [3.05, 3.63) is 87.8 Å². The highest BCUT2D eigenvalue weighted by atomic mass is 35.5. The van der Waals surface area contributed by atoms with Gasteiger partial charge >= 0.3 is 0 Å². The molecule has 0 saturated carbocycles. The molecule has 6 nitrogen and oxygen atoms in total. The van der Waals surface area contributed by atoms with E-state index in [9.17, 15) is 0 Å². The van der Waals surface area contributed by atoms with E-state index in [4.69, 9.17) is 27.3 Å². The molecule has 1 saturated heterocycles. The number of likely N-dealkylation sites (tertiary alicyclic amines) is 1. The number of fused-ring (bicyclic) bond motifs is 3. The molecular weight excluding hydrogens is 476 g/mol. The molecular formula is C27H27ClN6S. The van der Waals surface area contributed by atoms with Crippen molar-refractivity contribution in [1.29, 1.82) is 0 Å². The van der Waals surface area contributed by atoms with Gasteiger partial charge in [-0.25, -0.2) is 15.0 Å². The quantitative estimate of drug-likeness (QED) is 0.604. The number of amidine groups is 2. The smallest absolute Gasteiger partial charge is 0.147 e. The molecule has 2 N–H and O–H groups in total. The third-order valence-corrected chi connectivity index (χ3v) is 9.02. The van der Waals surface area contributed by atoms with Gasteiger partial charge in [-0.05, 0) is 66.5 Å². The van der Waals surface area contributed by atoms with E-state index in [1.54, 1.807) is 6.20 Å². The van der Waals surface area contributed by atoms with E-state index in [0.717, 1.165) is 40.4 Å². The number of hydrogen-bond acceptors (Lipinski definition) is 7. The number of hydrogen-bond donors (Lipinski definition) is 1. The average Bonchev–Trinajstić information content (AvgIpc) is 3.22. The van der Waals surface area contributed by atoms with Gasteiger partial charge < -0.3 is 15.5 Å². The van der Waals surface area contributed by atoms with Gasteiger partial charge in [0, 0.05) is 37.4 Å². The van der Waals surface area contributed by atoms with E-state index in [2.05, 4.69) is 34.1 Å². The molecule has 4 aliphatic rings. The van der Waals surface area contributed by atoms with Gasteiger partial charge in [0.2, 0.25) is 0 Å². The lowest BCUT2D eigenvalue weighted by atomic mass is 9.76. The fraction of sp³-hybridized carbons (Fsp3) is 0.296. The molecule has 0 radical (unpaired) electrons. The predicted octanol–water partition coefficient (Wildman–Crippen LogP) is 5.29. The van der Waals surface area contributed by atoms with Crippen LogP contribution < -0.4 is 5.73 Å². The number of nitrogen functional groups attached to an aromatic ring is 1. The van der Waals surface area contributed by atoms with E-state index in [1.165, 1.54) is 48.6 Å². The molecule has 4 heterocycles. The molecule has 1 spiro atoms. The Balaban J connectivity index is 1.20. The van der Waals surface area contributed by atoms with Gasteiger partial charge in [0.15, 0.2) is 0 Å². The predicted molar refractivity (Wildman–Crippen MR) is 145 cm³/mol. The Labute approximate surface area is 215 Å². The van der Waals surface area contributed by atoms with Crippen molar-refractivity contribution in [2.45, 2.75) is 30.6 Å². The minimum Gasteiger partial charge on any atom is -0.382 e. The molecule has 0 amide bonds. The maximum Gasteiger partial charge on any atom is 0.147 e. The number of halogens is 1. The number of thioether (sulfide) groups is 1. The molecule has 1 aliphatic carbocycles. The number of benzene rings is 1. The summed E-state index contributed by atoms with van der Waals surface area (Å²) in [5.41, 5.74) is 9.37. The van der Waals surface area contributed by atoms with Gasteiger partial charge in [0.05, 0.1) is 9.93 Å². The fourth-order valence-corrected chi connectivity index (χ4v) is 6.64. The van der Waals surface area contributed by atoms with E-state index in [1.807, 2.05) is 42.4 Å². The second-order valence-electron chi connectivity index (χ2n) is 9.57. The first-order valence-electron chi connectivity index (χ1n) is 11.9. The molecule has 1 aromatic heterocycles. The molecule has 35 heavy (non-hydrogen) atoms. The van der Waals surface area contributed by atoms with Crippen molar-refractivity contribution in [3.63, 3.8) is 0 Å². The molecule has 6 rings (SSSR count). The van der Waals surface area contributed by atoms with Gasteiger partial charge in [-0.3, -0.25) is 0 Å². The van der Waals surface area contributed by atoms with E-state index in [-0.39, 0.29) is 0 Å². The molecule has 1 aromatic carbocycles. The van der Waals surface area contributed by atoms with Crippen molar-refractivity contribution in [3.8, 4) is 0 Å². The van der Waals surface area contributed by atoms with Crippen LogP contribution in [0.4, 0.5) is 5.82 Å². The minimum absolute atomic E-state index is 0.330. The normalized spacial score (nSPS) is 24.4. The summed E-state index contributed by atoms with van der Waals surface area (Å²) in [6, 6.07) is 10.8. The summed E-state index contributed by atoms with van der Waals surface area (Å²) in [5, 5.41) is 0.464. The zero-order valence-electron chi connectivity index (χ0n) is 19.6. The number of rotatable bonds is 2. The highest BCUT2D eigenvalue weighted by Crippen LogP contribution is 2.45. The Hall–Kier alpha value is -3.03. The van der Waals surface area contributed by atoms with Gasteiger partial charge in [0.25, 0.3) is 0 Å². The van der Waals surface area contributed by atoms with E-state index < -0.39 is 0 Å². The number of anilines is 1. The summed E-state index contributed by atoms with van der Waals surface area (Å²) >= 11 is 7.90. The topological polar surface area (TPSA) is 70.1 Å². The molecule has 1 fully saturated rings. The maximum absolute atomic E-state index is 6.37. The van der Waals surface area contributed by atoms with Crippen molar-refractivity contribution < 1.29 is 0 Å². The first kappa shape index (κ1) is 22.4. The average molecular weight is 503 g/mol. The molecule has 178 valence electrons. The van der Waals surface area contributed by atoms with Crippen molar-refractivity contribution in [2.24, 2.45) is 15.4 Å². The first-order chi connectivity index (χ1) is 17.0. The van der Waals surface area contributed by atoms with Crippen LogP contribution in [0.25, 0.3) is 0 Å². The van der Waals surface area contributed by atoms with E-state index in [0.29, 0.717) is 16.3 Å². The lowest BCUT2D eigenvalue weighted by Gasteiger charge is -2.40. The van der Waals surface area contributed by atoms with Gasteiger partial charge in [-0.1, -0.05) is 47.6 Å². The van der Waals surface area contributed by atoms with Crippen molar-refractivity contribution in [1.82, 2.24) is 14.8 Å². The number of nitrogens with two attached hydrogens (primary N) is 1. The van der Waals surface area contributed by atoms with Crippen LogP contribution in [0.5, 0.6) is 0 Å². The SMILES string of the molecule is CN1C2=CC=C(Sc3ccnc(N)c3Cl)/C1=N/C=C/C(N1CCC3(CC1)Cc1ccccc1C3)=N\2. The summed E-state index contributed by atoms with van der Waals surface area (Å²) in [5.74, 6) is 3.02. The fourth-order valence-electron chi connectivity index (χ4n) is 5.43. The van der Waals surface area contributed by atoms with Gasteiger partial charge in [-0.15, -0.1) is 0 Å². The zero-order chi connectivity index (χ0) is 24.0. The summed E-state index contributed by atoms with van der Waals surface area (Å²) in [6.45, 7) is 2.03. The largest absolute Gasteiger partial charge is 0.382 e.